The first-order chi connectivity index (χ1) is 33.2. The zero-order valence-corrected chi connectivity index (χ0v) is 36.7. The van der Waals surface area contributed by atoms with Crippen LogP contribution in [0.25, 0.3) is 81.7 Å². The highest BCUT2D eigenvalue weighted by Gasteiger charge is 2.22. The lowest BCUT2D eigenvalue weighted by Gasteiger charge is -2.28. The molecule has 1 aromatic heterocycles. The molecule has 1 heterocycles. The zero-order chi connectivity index (χ0) is 44.3. The van der Waals surface area contributed by atoms with Gasteiger partial charge in [0.05, 0.1) is 33.8 Å². The molecule has 12 aromatic carbocycles. The second kappa shape index (κ2) is 16.0. The molecule has 0 amide bonds. The smallest absolute Gasteiger partial charge is 0.0561 e. The summed E-state index contributed by atoms with van der Waals surface area (Å²) < 4.78 is 2.44. The van der Waals surface area contributed by atoms with Gasteiger partial charge in [-0.3, -0.25) is 0 Å². The van der Waals surface area contributed by atoms with Crippen LogP contribution in [0.5, 0.6) is 0 Å². The van der Waals surface area contributed by atoms with Crippen LogP contribution in [0.1, 0.15) is 0 Å². The third-order valence-corrected chi connectivity index (χ3v) is 13.5. The summed E-state index contributed by atoms with van der Waals surface area (Å²) in [6, 6.07) is 95.1. The molecule has 314 valence electrons. The van der Waals surface area contributed by atoms with Crippen molar-refractivity contribution in [3.63, 3.8) is 0 Å². The minimum atomic E-state index is 1.10. The number of rotatable bonds is 8. The molecule has 0 aliphatic heterocycles. The average Bonchev–Trinajstić information content (AvgIpc) is 3.72. The maximum atomic E-state index is 2.45. The van der Waals surface area contributed by atoms with E-state index in [2.05, 4.69) is 275 Å². The van der Waals surface area contributed by atoms with Gasteiger partial charge in [0.2, 0.25) is 0 Å². The highest BCUT2D eigenvalue weighted by molar-refractivity contribution is 6.13. The molecule has 0 aliphatic rings. The van der Waals surface area contributed by atoms with Crippen molar-refractivity contribution in [2.75, 3.05) is 9.80 Å². The minimum absolute atomic E-state index is 1.10. The van der Waals surface area contributed by atoms with Gasteiger partial charge >= 0.3 is 0 Å². The van der Waals surface area contributed by atoms with Crippen molar-refractivity contribution in [1.82, 2.24) is 4.57 Å². The Kier molecular flexibility index (Phi) is 9.17. The van der Waals surface area contributed by atoms with Gasteiger partial charge in [-0.15, -0.1) is 0 Å². The van der Waals surface area contributed by atoms with Crippen molar-refractivity contribution >= 4 is 99.0 Å². The first-order valence-electron chi connectivity index (χ1n) is 23.0. The zero-order valence-electron chi connectivity index (χ0n) is 36.7. The van der Waals surface area contributed by atoms with Crippen LogP contribution in [0.2, 0.25) is 0 Å². The standard InChI is InChI=1S/C64H43N3/c1-2-24-50(25-3-1)66-63-42-49(44-34-37-51(38-35-44)65(59-30-12-20-45-16-4-8-26-53(45)59)60-31-13-21-46-17-5-9-27-54(46)60)36-40-57(63)58-41-39-52(43-64(58)66)67(61-32-14-22-47-18-6-10-28-55(47)61)62-33-15-23-48-19-7-11-29-56(48)62/h1-43H. The molecular weight excluding hydrogens is 811 g/mol. The Morgan fingerprint density at radius 2 is 0.597 bits per heavy atom. The SMILES string of the molecule is c1ccc(-n2c3cc(-c4ccc(N(c5cccc6ccccc56)c5cccc6ccccc56)cc4)ccc3c3ccc(N(c4cccc5ccccc45)c4cccc5ccccc45)cc32)cc1. The predicted molar refractivity (Wildman–Crippen MR) is 286 cm³/mol. The highest BCUT2D eigenvalue weighted by atomic mass is 15.2. The van der Waals surface area contributed by atoms with Crippen LogP contribution in [0.3, 0.4) is 0 Å². The largest absolute Gasteiger partial charge is 0.309 e. The molecular formula is C64H43N3. The Labute approximate surface area is 389 Å². The van der Waals surface area contributed by atoms with Crippen molar-refractivity contribution in [1.29, 1.82) is 0 Å². The number of para-hydroxylation sites is 1. The summed E-state index contributed by atoms with van der Waals surface area (Å²) >= 11 is 0. The van der Waals surface area contributed by atoms with E-state index < -0.39 is 0 Å². The molecule has 0 fully saturated rings. The average molecular weight is 854 g/mol. The fourth-order valence-electron chi connectivity index (χ4n) is 10.4. The van der Waals surface area contributed by atoms with Crippen LogP contribution in [0, 0.1) is 0 Å². The van der Waals surface area contributed by atoms with Gasteiger partial charge in [-0.05, 0) is 99.4 Å². The molecule has 0 bridgehead atoms. The summed E-state index contributed by atoms with van der Waals surface area (Å²) in [6.45, 7) is 0. The van der Waals surface area contributed by atoms with Gasteiger partial charge in [0, 0.05) is 49.4 Å². The number of nitrogens with zero attached hydrogens (tertiary/aromatic N) is 3. The fraction of sp³-hybridized carbons (Fsp3) is 0. The molecule has 0 saturated carbocycles. The molecule has 0 radical (unpaired) electrons. The van der Waals surface area contributed by atoms with Crippen LogP contribution in [0.4, 0.5) is 34.1 Å². The Morgan fingerprint density at radius 1 is 0.239 bits per heavy atom. The van der Waals surface area contributed by atoms with Gasteiger partial charge in [-0.1, -0.05) is 194 Å². The molecule has 13 rings (SSSR count). The quantitative estimate of drug-likeness (QED) is 0.151. The Morgan fingerprint density at radius 3 is 1.07 bits per heavy atom. The van der Waals surface area contributed by atoms with Crippen molar-refractivity contribution < 1.29 is 0 Å². The Bertz CT molecular complexity index is 3820. The number of hydrogen-bond acceptors (Lipinski definition) is 2. The second-order valence-corrected chi connectivity index (χ2v) is 17.3. The maximum absolute atomic E-state index is 2.45. The number of anilines is 6. The number of benzene rings is 12. The molecule has 0 saturated heterocycles. The number of aromatic nitrogens is 1. The first kappa shape index (κ1) is 38.5. The van der Waals surface area contributed by atoms with Crippen LogP contribution < -0.4 is 9.80 Å². The van der Waals surface area contributed by atoms with E-state index in [1.165, 1.54) is 53.9 Å². The maximum Gasteiger partial charge on any atom is 0.0561 e. The molecule has 0 aliphatic carbocycles. The van der Waals surface area contributed by atoms with Crippen LogP contribution in [-0.2, 0) is 0 Å². The first-order valence-corrected chi connectivity index (χ1v) is 23.0. The van der Waals surface area contributed by atoms with Gasteiger partial charge in [-0.25, -0.2) is 0 Å². The molecule has 13 aromatic rings. The number of hydrogen-bond donors (Lipinski definition) is 0. The lowest BCUT2D eigenvalue weighted by molar-refractivity contribution is 1.18. The van der Waals surface area contributed by atoms with E-state index in [0.29, 0.717) is 0 Å². The third kappa shape index (κ3) is 6.51. The lowest BCUT2D eigenvalue weighted by Crippen LogP contribution is -2.11. The van der Waals surface area contributed by atoms with Crippen molar-refractivity contribution in [3.8, 4) is 16.8 Å². The van der Waals surface area contributed by atoms with Gasteiger partial charge in [-0.2, -0.15) is 0 Å². The van der Waals surface area contributed by atoms with Gasteiger partial charge < -0.3 is 14.4 Å². The van der Waals surface area contributed by atoms with E-state index in [1.807, 2.05) is 0 Å². The molecule has 67 heavy (non-hydrogen) atoms. The van der Waals surface area contributed by atoms with Crippen molar-refractivity contribution in [3.05, 3.63) is 261 Å². The van der Waals surface area contributed by atoms with E-state index in [9.17, 15) is 0 Å². The van der Waals surface area contributed by atoms with Gasteiger partial charge in [0.25, 0.3) is 0 Å². The summed E-state index contributed by atoms with van der Waals surface area (Å²) in [6.07, 6.45) is 0. The van der Waals surface area contributed by atoms with Crippen LogP contribution in [-0.4, -0.2) is 4.57 Å². The van der Waals surface area contributed by atoms with E-state index in [1.54, 1.807) is 0 Å². The molecule has 0 atom stereocenters. The normalized spacial score (nSPS) is 11.6. The molecule has 0 spiro atoms. The second-order valence-electron chi connectivity index (χ2n) is 17.3. The highest BCUT2D eigenvalue weighted by Crippen LogP contribution is 2.46. The van der Waals surface area contributed by atoms with Crippen molar-refractivity contribution in [2.24, 2.45) is 0 Å². The van der Waals surface area contributed by atoms with Gasteiger partial charge in [0.1, 0.15) is 0 Å². The summed E-state index contributed by atoms with van der Waals surface area (Å²) in [5.74, 6) is 0. The van der Waals surface area contributed by atoms with Crippen molar-refractivity contribution in [2.45, 2.75) is 0 Å². The summed E-state index contributed by atoms with van der Waals surface area (Å²) in [5, 5.41) is 12.1. The molecule has 0 unspecified atom stereocenters. The van der Waals surface area contributed by atoms with Gasteiger partial charge in [0.15, 0.2) is 0 Å². The monoisotopic (exact) mass is 853 g/mol. The fourth-order valence-corrected chi connectivity index (χ4v) is 10.4. The molecule has 0 N–H and O–H groups in total. The van der Waals surface area contributed by atoms with Crippen LogP contribution in [0.15, 0.2) is 261 Å². The Hall–Kier alpha value is -8.92. The predicted octanol–water partition coefficient (Wildman–Crippen LogP) is 18.0. The van der Waals surface area contributed by atoms with E-state index in [-0.39, 0.29) is 0 Å². The topological polar surface area (TPSA) is 11.4 Å². The summed E-state index contributed by atoms with van der Waals surface area (Å²) in [5.41, 5.74) is 12.5. The van der Waals surface area contributed by atoms with E-state index >= 15 is 0 Å². The minimum Gasteiger partial charge on any atom is -0.309 e. The molecule has 3 nitrogen and oxygen atoms in total. The third-order valence-electron chi connectivity index (χ3n) is 13.5. The van der Waals surface area contributed by atoms with E-state index in [0.717, 1.165) is 62.0 Å². The Balaban J connectivity index is 0.977. The lowest BCUT2D eigenvalue weighted by atomic mass is 10.0. The summed E-state index contributed by atoms with van der Waals surface area (Å²) in [4.78, 5) is 4.87. The molecule has 3 heteroatoms. The van der Waals surface area contributed by atoms with Crippen LogP contribution >= 0.6 is 0 Å². The van der Waals surface area contributed by atoms with E-state index in [4.69, 9.17) is 0 Å². The summed E-state index contributed by atoms with van der Waals surface area (Å²) in [7, 11) is 0. The number of fused-ring (bicyclic) bond motifs is 7.